The first-order chi connectivity index (χ1) is 19.1. The van der Waals surface area contributed by atoms with Crippen molar-refractivity contribution in [1.29, 1.82) is 5.26 Å². The third kappa shape index (κ3) is 7.66. The Bertz CT molecular complexity index is 1360. The number of nitrogens with zero attached hydrogens (tertiary/aromatic N) is 7. The highest BCUT2D eigenvalue weighted by molar-refractivity contribution is 5.82. The first kappa shape index (κ1) is 28.3. The minimum atomic E-state index is -0.624. The summed E-state index contributed by atoms with van der Waals surface area (Å²) in [6.07, 6.45) is 4.61. The quantitative estimate of drug-likeness (QED) is 0.479. The zero-order valence-corrected chi connectivity index (χ0v) is 23.3. The van der Waals surface area contributed by atoms with E-state index in [1.807, 2.05) is 42.7 Å². The molecular weight excluding hydrogens is 508 g/mol. The number of hydrogen-bond acceptors (Lipinski definition) is 9. The van der Waals surface area contributed by atoms with Crippen LogP contribution in [0.1, 0.15) is 31.9 Å². The van der Waals surface area contributed by atoms with Crippen LogP contribution in [0.25, 0.3) is 11.1 Å². The van der Waals surface area contributed by atoms with Gasteiger partial charge in [-0.2, -0.15) is 5.26 Å². The smallest absolute Gasteiger partial charge is 0.408 e. The lowest BCUT2D eigenvalue weighted by molar-refractivity contribution is -0.129. The number of carbonyl (C=O) groups is 2. The van der Waals surface area contributed by atoms with Crippen molar-refractivity contribution in [3.05, 3.63) is 66.1 Å². The number of anilines is 2. The Morgan fingerprint density at radius 2 is 1.70 bits per heavy atom. The molecule has 3 heterocycles. The van der Waals surface area contributed by atoms with Crippen LogP contribution < -0.4 is 15.1 Å². The summed E-state index contributed by atoms with van der Waals surface area (Å²) in [5.74, 6) is 1.32. The molecule has 40 heavy (non-hydrogen) atoms. The molecule has 0 radical (unpaired) electrons. The van der Waals surface area contributed by atoms with E-state index in [1.54, 1.807) is 45.0 Å². The molecule has 0 atom stereocenters. The van der Waals surface area contributed by atoms with Gasteiger partial charge in [-0.1, -0.05) is 18.2 Å². The van der Waals surface area contributed by atoms with Gasteiger partial charge >= 0.3 is 6.09 Å². The second-order valence-corrected chi connectivity index (χ2v) is 10.6. The van der Waals surface area contributed by atoms with Gasteiger partial charge < -0.3 is 24.8 Å². The number of nitriles is 1. The molecule has 11 nitrogen and oxygen atoms in total. The Morgan fingerprint density at radius 1 is 1.00 bits per heavy atom. The van der Waals surface area contributed by atoms with Crippen molar-refractivity contribution in [2.24, 2.45) is 0 Å². The van der Waals surface area contributed by atoms with Crippen molar-refractivity contribution >= 4 is 23.8 Å². The summed E-state index contributed by atoms with van der Waals surface area (Å²) < 4.78 is 5.18. The van der Waals surface area contributed by atoms with Gasteiger partial charge in [-0.15, -0.1) is 0 Å². The van der Waals surface area contributed by atoms with E-state index in [-0.39, 0.29) is 12.5 Å². The van der Waals surface area contributed by atoms with Crippen molar-refractivity contribution in [2.75, 3.05) is 49.6 Å². The van der Waals surface area contributed by atoms with E-state index in [0.29, 0.717) is 18.1 Å². The van der Waals surface area contributed by atoms with Crippen LogP contribution in [-0.2, 0) is 16.1 Å². The van der Waals surface area contributed by atoms with E-state index in [9.17, 15) is 9.59 Å². The topological polar surface area (TPSA) is 128 Å². The Hall–Kier alpha value is -4.72. The van der Waals surface area contributed by atoms with Crippen LogP contribution in [0.4, 0.5) is 16.6 Å². The maximum absolute atomic E-state index is 12.5. The summed E-state index contributed by atoms with van der Waals surface area (Å²) >= 11 is 0. The number of rotatable bonds is 7. The third-order valence-corrected chi connectivity index (χ3v) is 6.29. The Labute approximate surface area is 234 Å². The van der Waals surface area contributed by atoms with E-state index in [0.717, 1.165) is 48.7 Å². The maximum atomic E-state index is 12.5. The molecular formula is C29H34N8O3. The van der Waals surface area contributed by atoms with Gasteiger partial charge in [0, 0.05) is 63.9 Å². The number of hydrogen-bond donors (Lipinski definition) is 1. The Balaban J connectivity index is 1.30. The van der Waals surface area contributed by atoms with E-state index >= 15 is 0 Å². The number of ether oxygens (including phenoxy) is 1. The summed E-state index contributed by atoms with van der Waals surface area (Å²) in [7, 11) is 1.70. The normalized spacial score (nSPS) is 13.4. The van der Waals surface area contributed by atoms with Crippen molar-refractivity contribution in [1.82, 2.24) is 25.2 Å². The van der Waals surface area contributed by atoms with E-state index in [4.69, 9.17) is 10.00 Å². The molecule has 2 amide bonds. The summed E-state index contributed by atoms with van der Waals surface area (Å²) in [5.41, 5.74) is 2.71. The number of benzene rings is 1. The van der Waals surface area contributed by atoms with E-state index in [1.165, 1.54) is 0 Å². The predicted octanol–water partition coefficient (Wildman–Crippen LogP) is 3.22. The number of carbonyl (C=O) groups excluding carboxylic acids is 2. The highest BCUT2D eigenvalue weighted by atomic mass is 16.6. The standard InChI is InChI=1S/C29H34N8O3/c1-29(2,3)40-28(39)34-19-26(38)35(4)20-21-6-5-7-23(14-21)24-17-32-27(33-18-24)37-12-10-36(11-13-37)25-9-8-22(15-30)16-31-25/h5-9,14,16-18H,10-13,19-20H2,1-4H3,(H,34,39). The lowest BCUT2D eigenvalue weighted by Gasteiger charge is -2.35. The molecule has 1 aliphatic heterocycles. The van der Waals surface area contributed by atoms with Crippen LogP contribution in [0.5, 0.6) is 0 Å². The fraction of sp³-hybridized carbons (Fsp3) is 0.379. The second-order valence-electron chi connectivity index (χ2n) is 10.6. The highest BCUT2D eigenvalue weighted by Gasteiger charge is 2.21. The number of alkyl carbamates (subject to hydrolysis) is 1. The fourth-order valence-electron chi connectivity index (χ4n) is 4.22. The lowest BCUT2D eigenvalue weighted by atomic mass is 10.1. The maximum Gasteiger partial charge on any atom is 0.408 e. The summed E-state index contributed by atoms with van der Waals surface area (Å²) in [5, 5.41) is 11.5. The number of likely N-dealkylation sites (N-methyl/N-ethyl adjacent to an activating group) is 1. The fourth-order valence-corrected chi connectivity index (χ4v) is 4.22. The molecule has 3 aromatic rings. The van der Waals surface area contributed by atoms with Gasteiger partial charge in [0.05, 0.1) is 5.56 Å². The minimum Gasteiger partial charge on any atom is -0.444 e. The zero-order chi connectivity index (χ0) is 28.7. The van der Waals surface area contributed by atoms with Gasteiger partial charge in [-0.05, 0) is 50.1 Å². The zero-order valence-electron chi connectivity index (χ0n) is 23.3. The third-order valence-electron chi connectivity index (χ3n) is 6.29. The second kappa shape index (κ2) is 12.4. The van der Waals surface area contributed by atoms with E-state index in [2.05, 4.69) is 36.1 Å². The first-order valence-corrected chi connectivity index (χ1v) is 13.1. The molecule has 0 unspecified atom stereocenters. The molecule has 4 rings (SSSR count). The largest absolute Gasteiger partial charge is 0.444 e. The van der Waals surface area contributed by atoms with Crippen LogP contribution in [0.15, 0.2) is 55.0 Å². The van der Waals surface area contributed by atoms with Crippen LogP contribution in [0.3, 0.4) is 0 Å². The number of pyridine rings is 1. The number of amides is 2. The molecule has 1 aromatic carbocycles. The van der Waals surface area contributed by atoms with Gasteiger partial charge in [0.2, 0.25) is 11.9 Å². The van der Waals surface area contributed by atoms with Gasteiger partial charge in [0.15, 0.2) is 0 Å². The van der Waals surface area contributed by atoms with Crippen LogP contribution >= 0.6 is 0 Å². The number of nitrogens with one attached hydrogen (secondary N) is 1. The molecule has 2 aromatic heterocycles. The predicted molar refractivity (Wildman–Crippen MR) is 152 cm³/mol. The van der Waals surface area contributed by atoms with Gasteiger partial charge in [-0.25, -0.2) is 19.7 Å². The van der Waals surface area contributed by atoms with E-state index < -0.39 is 11.7 Å². The molecule has 208 valence electrons. The molecule has 0 saturated carbocycles. The van der Waals surface area contributed by atoms with Crippen LogP contribution in [-0.4, -0.2) is 77.2 Å². The SMILES string of the molecule is CN(Cc1cccc(-c2cnc(N3CCN(c4ccc(C#N)cn4)CC3)nc2)c1)C(=O)CNC(=O)OC(C)(C)C. The average Bonchev–Trinajstić information content (AvgIpc) is 2.95. The van der Waals surface area contributed by atoms with Gasteiger partial charge in [0.25, 0.3) is 0 Å². The summed E-state index contributed by atoms with van der Waals surface area (Å²) in [6, 6.07) is 13.6. The monoisotopic (exact) mass is 542 g/mol. The molecule has 0 bridgehead atoms. The van der Waals surface area contributed by atoms with Crippen LogP contribution in [0, 0.1) is 11.3 Å². The van der Waals surface area contributed by atoms with Crippen molar-refractivity contribution < 1.29 is 14.3 Å². The van der Waals surface area contributed by atoms with Crippen molar-refractivity contribution in [3.8, 4) is 17.2 Å². The number of aromatic nitrogens is 3. The Morgan fingerprint density at radius 3 is 2.33 bits per heavy atom. The molecule has 1 fully saturated rings. The highest BCUT2D eigenvalue weighted by Crippen LogP contribution is 2.22. The van der Waals surface area contributed by atoms with Gasteiger partial charge in [0.1, 0.15) is 24.0 Å². The minimum absolute atomic E-state index is 0.140. The average molecular weight is 543 g/mol. The summed E-state index contributed by atoms with van der Waals surface area (Å²) in [4.78, 5) is 43.8. The molecule has 11 heteroatoms. The molecule has 1 N–H and O–H groups in total. The first-order valence-electron chi connectivity index (χ1n) is 13.1. The van der Waals surface area contributed by atoms with Crippen molar-refractivity contribution in [3.63, 3.8) is 0 Å². The molecule has 0 aliphatic carbocycles. The van der Waals surface area contributed by atoms with Crippen molar-refractivity contribution in [2.45, 2.75) is 32.9 Å². The Kier molecular flexibility index (Phi) is 8.79. The lowest BCUT2D eigenvalue weighted by Crippen LogP contribution is -2.47. The van der Waals surface area contributed by atoms with Crippen LogP contribution in [0.2, 0.25) is 0 Å². The molecule has 0 spiro atoms. The molecule has 1 aliphatic rings. The molecule has 1 saturated heterocycles. The number of piperazine rings is 1. The van der Waals surface area contributed by atoms with Gasteiger partial charge in [-0.3, -0.25) is 4.79 Å². The summed E-state index contributed by atoms with van der Waals surface area (Å²) in [6.45, 7) is 8.65.